The molecule has 6 nitrogen and oxygen atoms in total. The van der Waals surface area contributed by atoms with Gasteiger partial charge in [0.1, 0.15) is 17.7 Å². The van der Waals surface area contributed by atoms with Crippen molar-refractivity contribution in [3.05, 3.63) is 58.9 Å². The fourth-order valence-electron chi connectivity index (χ4n) is 2.61. The summed E-state index contributed by atoms with van der Waals surface area (Å²) in [4.78, 5) is 25.5. The van der Waals surface area contributed by atoms with Crippen LogP contribution in [0.3, 0.4) is 0 Å². The molecular formula is C18H16ClFN2O4. The summed E-state index contributed by atoms with van der Waals surface area (Å²) in [7, 11) is 1.50. The number of hydrogen-bond donors (Lipinski definition) is 1. The molecule has 1 N–H and O–H groups in total. The van der Waals surface area contributed by atoms with Crippen LogP contribution in [-0.4, -0.2) is 38.3 Å². The van der Waals surface area contributed by atoms with Crippen molar-refractivity contribution in [2.45, 2.75) is 6.10 Å². The van der Waals surface area contributed by atoms with Gasteiger partial charge in [-0.1, -0.05) is 23.7 Å². The minimum absolute atomic E-state index is 0.0596. The van der Waals surface area contributed by atoms with Crippen LogP contribution in [0.25, 0.3) is 0 Å². The molecule has 1 saturated heterocycles. The quantitative estimate of drug-likeness (QED) is 0.867. The van der Waals surface area contributed by atoms with Crippen molar-refractivity contribution in [3.8, 4) is 5.75 Å². The molecule has 2 amide bonds. The molecule has 3 rings (SSSR count). The summed E-state index contributed by atoms with van der Waals surface area (Å²) in [5.41, 5.74) is 0.499. The number of hydrogen-bond acceptors (Lipinski definition) is 4. The third-order valence-electron chi connectivity index (χ3n) is 3.93. The SMILES string of the molecule is COc1ccc(N2CC(CNC(=O)c3ccccc3F)OC2=O)cc1Cl. The molecule has 136 valence electrons. The third kappa shape index (κ3) is 3.72. The second-order valence-corrected chi connectivity index (χ2v) is 6.03. The van der Waals surface area contributed by atoms with Gasteiger partial charge < -0.3 is 14.8 Å². The largest absolute Gasteiger partial charge is 0.495 e. The first-order valence-electron chi connectivity index (χ1n) is 7.84. The summed E-state index contributed by atoms with van der Waals surface area (Å²) in [6.45, 7) is 0.304. The minimum Gasteiger partial charge on any atom is -0.495 e. The Hall–Kier alpha value is -2.80. The van der Waals surface area contributed by atoms with Gasteiger partial charge >= 0.3 is 6.09 Å². The van der Waals surface area contributed by atoms with E-state index in [1.807, 2.05) is 0 Å². The highest BCUT2D eigenvalue weighted by Gasteiger charge is 2.33. The molecule has 1 unspecified atom stereocenters. The zero-order valence-electron chi connectivity index (χ0n) is 13.9. The van der Waals surface area contributed by atoms with Crippen LogP contribution in [0.15, 0.2) is 42.5 Å². The Bertz CT molecular complexity index is 846. The number of amides is 2. The van der Waals surface area contributed by atoms with Crippen molar-refractivity contribution in [1.29, 1.82) is 0 Å². The van der Waals surface area contributed by atoms with E-state index in [-0.39, 0.29) is 18.7 Å². The summed E-state index contributed by atoms with van der Waals surface area (Å²) in [6, 6.07) is 10.6. The first kappa shape index (κ1) is 18.0. The van der Waals surface area contributed by atoms with E-state index in [9.17, 15) is 14.0 Å². The second kappa shape index (κ2) is 7.61. The topological polar surface area (TPSA) is 67.9 Å². The van der Waals surface area contributed by atoms with Crippen LogP contribution in [0, 0.1) is 5.82 Å². The molecular weight excluding hydrogens is 363 g/mol. The lowest BCUT2D eigenvalue weighted by Crippen LogP contribution is -2.35. The molecule has 1 atom stereocenters. The van der Waals surface area contributed by atoms with Crippen LogP contribution in [0.5, 0.6) is 5.75 Å². The Kier molecular flexibility index (Phi) is 5.27. The number of nitrogens with zero attached hydrogens (tertiary/aromatic N) is 1. The van der Waals surface area contributed by atoms with Crippen molar-refractivity contribution in [1.82, 2.24) is 5.32 Å². The van der Waals surface area contributed by atoms with Gasteiger partial charge in [0.25, 0.3) is 5.91 Å². The first-order chi connectivity index (χ1) is 12.5. The van der Waals surface area contributed by atoms with E-state index >= 15 is 0 Å². The lowest BCUT2D eigenvalue weighted by atomic mass is 10.2. The molecule has 1 heterocycles. The van der Waals surface area contributed by atoms with Crippen LogP contribution >= 0.6 is 11.6 Å². The van der Waals surface area contributed by atoms with Gasteiger partial charge in [-0.15, -0.1) is 0 Å². The van der Waals surface area contributed by atoms with Crippen LogP contribution in [0.1, 0.15) is 10.4 Å². The normalized spacial score (nSPS) is 16.3. The van der Waals surface area contributed by atoms with E-state index in [0.29, 0.717) is 16.5 Å². The summed E-state index contributed by atoms with van der Waals surface area (Å²) in [6.07, 6.45) is -1.10. The monoisotopic (exact) mass is 378 g/mol. The smallest absolute Gasteiger partial charge is 0.414 e. The maximum absolute atomic E-state index is 13.6. The van der Waals surface area contributed by atoms with Crippen molar-refractivity contribution in [2.24, 2.45) is 0 Å². The lowest BCUT2D eigenvalue weighted by Gasteiger charge is -2.14. The Morgan fingerprint density at radius 2 is 2.15 bits per heavy atom. The number of halogens is 2. The number of methoxy groups -OCH3 is 1. The number of rotatable bonds is 5. The van der Waals surface area contributed by atoms with Crippen molar-refractivity contribution in [2.75, 3.05) is 25.1 Å². The third-order valence-corrected chi connectivity index (χ3v) is 4.23. The number of benzene rings is 2. The van der Waals surface area contributed by atoms with Crippen LogP contribution in [-0.2, 0) is 4.74 Å². The minimum atomic E-state index is -0.608. The van der Waals surface area contributed by atoms with Gasteiger partial charge in [0.05, 0.1) is 30.8 Å². The Morgan fingerprint density at radius 3 is 2.85 bits per heavy atom. The zero-order valence-corrected chi connectivity index (χ0v) is 14.6. The number of cyclic esters (lactones) is 1. The highest BCUT2D eigenvalue weighted by Crippen LogP contribution is 2.31. The van der Waals surface area contributed by atoms with Crippen molar-refractivity contribution < 1.29 is 23.5 Å². The summed E-state index contributed by atoms with van der Waals surface area (Å²) < 4.78 is 23.9. The second-order valence-electron chi connectivity index (χ2n) is 5.63. The van der Waals surface area contributed by atoms with Crippen LogP contribution in [0.2, 0.25) is 5.02 Å². The molecule has 0 radical (unpaired) electrons. The summed E-state index contributed by atoms with van der Waals surface area (Å²) in [5, 5.41) is 2.94. The molecule has 2 aromatic carbocycles. The Morgan fingerprint density at radius 1 is 1.38 bits per heavy atom. The average Bonchev–Trinajstić information content (AvgIpc) is 3.00. The van der Waals surface area contributed by atoms with Gasteiger partial charge in [-0.2, -0.15) is 0 Å². The molecule has 0 aromatic heterocycles. The molecule has 1 aliphatic heterocycles. The van der Waals surface area contributed by atoms with Gasteiger partial charge in [0.2, 0.25) is 0 Å². The van der Waals surface area contributed by atoms with Gasteiger partial charge in [-0.05, 0) is 30.3 Å². The molecule has 1 aliphatic rings. The van der Waals surface area contributed by atoms with E-state index in [4.69, 9.17) is 21.1 Å². The van der Waals surface area contributed by atoms with Crippen molar-refractivity contribution >= 4 is 29.3 Å². The maximum Gasteiger partial charge on any atom is 0.414 e. The molecule has 26 heavy (non-hydrogen) atoms. The summed E-state index contributed by atoms with van der Waals surface area (Å²) in [5.74, 6) is -0.676. The van der Waals surface area contributed by atoms with Crippen LogP contribution in [0.4, 0.5) is 14.9 Å². The van der Waals surface area contributed by atoms with E-state index in [2.05, 4.69) is 5.32 Å². The number of carbonyl (C=O) groups excluding carboxylic acids is 2. The van der Waals surface area contributed by atoms with E-state index in [1.165, 1.54) is 30.2 Å². The number of nitrogens with one attached hydrogen (secondary N) is 1. The van der Waals surface area contributed by atoms with Crippen molar-refractivity contribution in [3.63, 3.8) is 0 Å². The molecule has 0 spiro atoms. The van der Waals surface area contributed by atoms with Gasteiger partial charge in [-0.3, -0.25) is 9.69 Å². The Balaban J connectivity index is 1.62. The Labute approximate surface area is 154 Å². The molecule has 0 bridgehead atoms. The molecule has 0 aliphatic carbocycles. The number of carbonyl (C=O) groups is 2. The van der Waals surface area contributed by atoms with Gasteiger partial charge in [-0.25, -0.2) is 9.18 Å². The fourth-order valence-corrected chi connectivity index (χ4v) is 2.86. The predicted molar refractivity (Wildman–Crippen MR) is 94.4 cm³/mol. The number of anilines is 1. The molecule has 8 heteroatoms. The highest BCUT2D eigenvalue weighted by atomic mass is 35.5. The lowest BCUT2D eigenvalue weighted by molar-refractivity contribution is 0.0912. The van der Waals surface area contributed by atoms with E-state index < -0.39 is 23.9 Å². The summed E-state index contributed by atoms with van der Waals surface area (Å²) >= 11 is 6.08. The molecule has 0 saturated carbocycles. The highest BCUT2D eigenvalue weighted by molar-refractivity contribution is 6.32. The predicted octanol–water partition coefficient (Wildman–Crippen LogP) is 3.24. The van der Waals surface area contributed by atoms with Crippen LogP contribution < -0.4 is 15.0 Å². The zero-order chi connectivity index (χ0) is 18.7. The molecule has 1 fully saturated rings. The van der Waals surface area contributed by atoms with Gasteiger partial charge in [0, 0.05) is 5.69 Å². The maximum atomic E-state index is 13.6. The van der Waals surface area contributed by atoms with E-state index in [0.717, 1.165) is 0 Å². The first-order valence-corrected chi connectivity index (χ1v) is 8.22. The standard InChI is InChI=1S/C18H16ClFN2O4/c1-25-16-7-6-11(8-14(16)19)22-10-12(26-18(22)24)9-21-17(23)13-4-2-3-5-15(13)20/h2-8,12H,9-10H2,1H3,(H,21,23). The average molecular weight is 379 g/mol. The molecule has 2 aromatic rings. The number of ether oxygens (including phenoxy) is 2. The fraction of sp³-hybridized carbons (Fsp3) is 0.222. The van der Waals surface area contributed by atoms with E-state index in [1.54, 1.807) is 24.3 Å². The van der Waals surface area contributed by atoms with Gasteiger partial charge in [0.15, 0.2) is 0 Å².